The summed E-state index contributed by atoms with van der Waals surface area (Å²) in [7, 11) is 4.56. The Bertz CT molecular complexity index is 448. The van der Waals surface area contributed by atoms with Crippen molar-refractivity contribution in [1.29, 1.82) is 0 Å². The lowest BCUT2D eigenvalue weighted by Crippen LogP contribution is -2.18. The van der Waals surface area contributed by atoms with Crippen molar-refractivity contribution in [3.63, 3.8) is 0 Å². The minimum atomic E-state index is -0.0381. The highest BCUT2D eigenvalue weighted by Crippen LogP contribution is 2.38. The molecule has 0 saturated carbocycles. The maximum atomic E-state index is 11.1. The van der Waals surface area contributed by atoms with E-state index in [1.54, 1.807) is 19.2 Å². The molecule has 1 N–H and O–H groups in total. The molecule has 0 saturated heterocycles. The van der Waals surface area contributed by atoms with Crippen LogP contribution in [0.3, 0.4) is 0 Å². The average Bonchev–Trinajstić information content (AvgIpc) is 2.50. The van der Waals surface area contributed by atoms with Crippen molar-refractivity contribution < 1.29 is 23.8 Å². The van der Waals surface area contributed by atoms with Gasteiger partial charge in [-0.05, 0) is 18.6 Å². The Kier molecular flexibility index (Phi) is 6.36. The molecule has 0 aliphatic heterocycles. The van der Waals surface area contributed by atoms with E-state index in [2.05, 4.69) is 5.32 Å². The third kappa shape index (κ3) is 4.15. The number of benzene rings is 1. The molecule has 0 unspecified atom stereocenters. The lowest BCUT2D eigenvalue weighted by Gasteiger charge is -2.14. The number of hydrogen-bond acceptors (Lipinski definition) is 5. The van der Waals surface area contributed by atoms with Crippen LogP contribution < -0.4 is 19.5 Å². The molecule has 0 spiro atoms. The summed E-state index contributed by atoms with van der Waals surface area (Å²) in [6, 6.07) is 3.15. The van der Waals surface area contributed by atoms with Gasteiger partial charge in [-0.1, -0.05) is 0 Å². The zero-order valence-corrected chi connectivity index (χ0v) is 11.9. The molecule has 0 radical (unpaired) electrons. The van der Waals surface area contributed by atoms with Crippen LogP contribution in [0.5, 0.6) is 17.2 Å². The lowest BCUT2D eigenvalue weighted by atomic mass is 10.2. The van der Waals surface area contributed by atoms with Crippen LogP contribution in [-0.4, -0.2) is 40.1 Å². The van der Waals surface area contributed by atoms with Gasteiger partial charge in [0.2, 0.25) is 11.7 Å². The maximum Gasteiger partial charge on any atom is 0.219 e. The smallest absolute Gasteiger partial charge is 0.219 e. The molecule has 1 aromatic carbocycles. The number of nitrogens with one attached hydrogen (secondary N) is 1. The SMILES string of the molecule is CNC(=O)CCCOc1c(OC)cc(C=O)cc1OC. The molecule has 0 fully saturated rings. The molecule has 0 aliphatic carbocycles. The van der Waals surface area contributed by atoms with Crippen LogP contribution in [0.4, 0.5) is 0 Å². The fraction of sp³-hybridized carbons (Fsp3) is 0.429. The number of amides is 1. The van der Waals surface area contributed by atoms with E-state index in [0.717, 1.165) is 0 Å². The molecule has 1 rings (SSSR count). The summed E-state index contributed by atoms with van der Waals surface area (Å²) in [5.41, 5.74) is 0.441. The summed E-state index contributed by atoms with van der Waals surface area (Å²) in [4.78, 5) is 21.9. The molecule has 1 amide bonds. The van der Waals surface area contributed by atoms with Crippen molar-refractivity contribution in [2.45, 2.75) is 12.8 Å². The van der Waals surface area contributed by atoms with Gasteiger partial charge in [0.05, 0.1) is 20.8 Å². The summed E-state index contributed by atoms with van der Waals surface area (Å²) >= 11 is 0. The van der Waals surface area contributed by atoms with E-state index >= 15 is 0 Å². The monoisotopic (exact) mass is 281 g/mol. The summed E-state index contributed by atoms with van der Waals surface area (Å²) < 4.78 is 16.0. The van der Waals surface area contributed by atoms with Crippen molar-refractivity contribution in [2.75, 3.05) is 27.9 Å². The van der Waals surface area contributed by atoms with E-state index in [-0.39, 0.29) is 5.91 Å². The zero-order chi connectivity index (χ0) is 15.0. The lowest BCUT2D eigenvalue weighted by molar-refractivity contribution is -0.120. The predicted molar refractivity (Wildman–Crippen MR) is 73.7 cm³/mol. The standard InChI is InChI=1S/C14H19NO5/c1-15-13(17)5-4-6-20-14-11(18-2)7-10(9-16)8-12(14)19-3/h7-9H,4-6H2,1-3H3,(H,15,17). The second kappa shape index (κ2) is 8.04. The number of carbonyl (C=O) groups excluding carboxylic acids is 2. The van der Waals surface area contributed by atoms with E-state index in [0.29, 0.717) is 48.5 Å². The molecule has 0 bridgehead atoms. The topological polar surface area (TPSA) is 73.9 Å². The summed E-state index contributed by atoms with van der Waals surface area (Å²) in [6.45, 7) is 0.348. The molecule has 0 aliphatic rings. The van der Waals surface area contributed by atoms with Crippen molar-refractivity contribution in [3.8, 4) is 17.2 Å². The molecule has 20 heavy (non-hydrogen) atoms. The Morgan fingerprint density at radius 3 is 2.30 bits per heavy atom. The zero-order valence-electron chi connectivity index (χ0n) is 11.9. The number of hydrogen-bond donors (Lipinski definition) is 1. The van der Waals surface area contributed by atoms with Crippen LogP contribution in [-0.2, 0) is 4.79 Å². The maximum absolute atomic E-state index is 11.1. The third-order valence-corrected chi connectivity index (χ3v) is 2.69. The second-order valence-electron chi connectivity index (χ2n) is 4.00. The number of carbonyl (C=O) groups is 2. The van der Waals surface area contributed by atoms with Gasteiger partial charge in [-0.2, -0.15) is 0 Å². The van der Waals surface area contributed by atoms with Gasteiger partial charge >= 0.3 is 0 Å². The molecular formula is C14H19NO5. The fourth-order valence-corrected chi connectivity index (χ4v) is 1.64. The minimum absolute atomic E-state index is 0.0381. The van der Waals surface area contributed by atoms with Crippen molar-refractivity contribution >= 4 is 12.2 Å². The first-order valence-electron chi connectivity index (χ1n) is 6.20. The van der Waals surface area contributed by atoms with Gasteiger partial charge in [0.1, 0.15) is 6.29 Å². The molecule has 0 heterocycles. The largest absolute Gasteiger partial charge is 0.493 e. The highest BCUT2D eigenvalue weighted by molar-refractivity contribution is 5.78. The highest BCUT2D eigenvalue weighted by Gasteiger charge is 2.14. The van der Waals surface area contributed by atoms with Crippen LogP contribution in [0.2, 0.25) is 0 Å². The van der Waals surface area contributed by atoms with Crippen molar-refractivity contribution in [3.05, 3.63) is 17.7 Å². The summed E-state index contributed by atoms with van der Waals surface area (Å²) in [6.07, 6.45) is 1.66. The van der Waals surface area contributed by atoms with Crippen LogP contribution in [0.25, 0.3) is 0 Å². The Balaban J connectivity index is 2.77. The Morgan fingerprint density at radius 2 is 1.85 bits per heavy atom. The first-order valence-corrected chi connectivity index (χ1v) is 6.20. The van der Waals surface area contributed by atoms with E-state index in [1.807, 2.05) is 0 Å². The summed E-state index contributed by atoms with van der Waals surface area (Å²) in [5.74, 6) is 1.24. The quantitative estimate of drug-likeness (QED) is 0.576. The van der Waals surface area contributed by atoms with Crippen molar-refractivity contribution in [1.82, 2.24) is 5.32 Å². The van der Waals surface area contributed by atoms with E-state index in [1.165, 1.54) is 14.2 Å². The fourth-order valence-electron chi connectivity index (χ4n) is 1.64. The molecule has 0 aromatic heterocycles. The number of rotatable bonds is 8. The van der Waals surface area contributed by atoms with E-state index in [4.69, 9.17) is 14.2 Å². The molecule has 6 nitrogen and oxygen atoms in total. The molecule has 0 atom stereocenters. The van der Waals surface area contributed by atoms with Crippen molar-refractivity contribution in [2.24, 2.45) is 0 Å². The van der Waals surface area contributed by atoms with Crippen LogP contribution in [0, 0.1) is 0 Å². The van der Waals surface area contributed by atoms with Gasteiger partial charge in [-0.15, -0.1) is 0 Å². The van der Waals surface area contributed by atoms with Crippen LogP contribution in [0.1, 0.15) is 23.2 Å². The second-order valence-corrected chi connectivity index (χ2v) is 4.00. The molecular weight excluding hydrogens is 262 g/mol. The number of methoxy groups -OCH3 is 2. The Morgan fingerprint density at radius 1 is 1.25 bits per heavy atom. The first-order chi connectivity index (χ1) is 9.65. The number of ether oxygens (including phenoxy) is 3. The predicted octanol–water partition coefficient (Wildman–Crippen LogP) is 1.42. The van der Waals surface area contributed by atoms with Gasteiger partial charge in [0.15, 0.2) is 11.5 Å². The van der Waals surface area contributed by atoms with Gasteiger partial charge in [-0.25, -0.2) is 0 Å². The van der Waals surface area contributed by atoms with Gasteiger partial charge < -0.3 is 19.5 Å². The van der Waals surface area contributed by atoms with Gasteiger partial charge in [-0.3, -0.25) is 9.59 Å². The van der Waals surface area contributed by atoms with Crippen LogP contribution >= 0.6 is 0 Å². The van der Waals surface area contributed by atoms with Gasteiger partial charge in [0.25, 0.3) is 0 Å². The van der Waals surface area contributed by atoms with E-state index < -0.39 is 0 Å². The third-order valence-electron chi connectivity index (χ3n) is 2.69. The summed E-state index contributed by atoms with van der Waals surface area (Å²) in [5, 5.41) is 2.54. The minimum Gasteiger partial charge on any atom is -0.493 e. The Labute approximate surface area is 118 Å². The van der Waals surface area contributed by atoms with E-state index in [9.17, 15) is 9.59 Å². The Hall–Kier alpha value is -2.24. The molecule has 6 heteroatoms. The van der Waals surface area contributed by atoms with Crippen LogP contribution in [0.15, 0.2) is 12.1 Å². The van der Waals surface area contributed by atoms with Gasteiger partial charge in [0, 0.05) is 19.0 Å². The normalized spacial score (nSPS) is 9.75. The molecule has 1 aromatic rings. The number of aldehydes is 1. The average molecular weight is 281 g/mol. The molecule has 110 valence electrons. The first kappa shape index (κ1) is 15.8. The highest BCUT2D eigenvalue weighted by atomic mass is 16.5.